The van der Waals surface area contributed by atoms with E-state index in [2.05, 4.69) is 60.7 Å². The van der Waals surface area contributed by atoms with Gasteiger partial charge in [-0.3, -0.25) is 0 Å². The first kappa shape index (κ1) is 15.6. The van der Waals surface area contributed by atoms with Crippen molar-refractivity contribution in [2.45, 2.75) is 49.8 Å². The molecule has 0 aliphatic heterocycles. The number of hydrogen-bond acceptors (Lipinski definition) is 0. The third-order valence-corrected chi connectivity index (χ3v) is 5.50. The third-order valence-electron chi connectivity index (χ3n) is 5.07. The summed E-state index contributed by atoms with van der Waals surface area (Å²) in [5.74, 6) is 1.38. The normalized spacial score (nSPS) is 18.8. The molecule has 2 atom stereocenters. The van der Waals surface area contributed by atoms with Gasteiger partial charge in [0.1, 0.15) is 0 Å². The van der Waals surface area contributed by atoms with Crippen LogP contribution in [0.2, 0.25) is 0 Å². The zero-order valence-electron chi connectivity index (χ0n) is 13.1. The fourth-order valence-electron chi connectivity index (χ4n) is 3.86. The van der Waals surface area contributed by atoms with Crippen molar-refractivity contribution >= 4 is 11.6 Å². The smallest absolute Gasteiger partial charge is 0.0591 e. The van der Waals surface area contributed by atoms with Crippen LogP contribution in [0.1, 0.15) is 60.9 Å². The lowest BCUT2D eigenvalue weighted by Crippen LogP contribution is -2.18. The van der Waals surface area contributed by atoms with E-state index in [9.17, 15) is 0 Å². The molecule has 1 fully saturated rings. The second kappa shape index (κ2) is 7.83. The molecule has 0 spiro atoms. The molecule has 0 heterocycles. The van der Waals surface area contributed by atoms with E-state index in [4.69, 9.17) is 11.6 Å². The first-order valence-corrected chi connectivity index (χ1v) is 9.02. The quantitative estimate of drug-likeness (QED) is 0.537. The molecule has 2 unspecified atom stereocenters. The summed E-state index contributed by atoms with van der Waals surface area (Å²) in [7, 11) is 0. The van der Waals surface area contributed by atoms with Crippen molar-refractivity contribution in [2.75, 3.05) is 0 Å². The van der Waals surface area contributed by atoms with Crippen LogP contribution in [-0.2, 0) is 0 Å². The molecule has 0 bridgehead atoms. The Labute approximate surface area is 139 Å². The Morgan fingerprint density at radius 3 is 1.91 bits per heavy atom. The van der Waals surface area contributed by atoms with Crippen molar-refractivity contribution in [3.8, 4) is 0 Å². The zero-order chi connectivity index (χ0) is 15.2. The van der Waals surface area contributed by atoms with Crippen LogP contribution in [0.3, 0.4) is 0 Å². The monoisotopic (exact) mass is 312 g/mol. The highest BCUT2D eigenvalue weighted by Crippen LogP contribution is 2.42. The van der Waals surface area contributed by atoms with E-state index in [1.165, 1.54) is 43.2 Å². The van der Waals surface area contributed by atoms with E-state index in [-0.39, 0.29) is 5.38 Å². The number of benzene rings is 2. The average Bonchev–Trinajstić information content (AvgIpc) is 2.62. The zero-order valence-corrected chi connectivity index (χ0v) is 13.9. The molecule has 1 aliphatic carbocycles. The Kier molecular flexibility index (Phi) is 5.56. The van der Waals surface area contributed by atoms with Crippen LogP contribution >= 0.6 is 11.6 Å². The summed E-state index contributed by atoms with van der Waals surface area (Å²) in [6.45, 7) is 0. The Morgan fingerprint density at radius 1 is 0.773 bits per heavy atom. The summed E-state index contributed by atoms with van der Waals surface area (Å²) in [6, 6.07) is 21.5. The SMILES string of the molecule is ClC(CC(c1ccccc1)C1CCCCC1)c1ccccc1. The number of alkyl halides is 1. The van der Waals surface area contributed by atoms with Crippen LogP contribution in [0.25, 0.3) is 0 Å². The van der Waals surface area contributed by atoms with E-state index in [0.29, 0.717) is 5.92 Å². The summed E-state index contributed by atoms with van der Waals surface area (Å²) < 4.78 is 0. The van der Waals surface area contributed by atoms with Gasteiger partial charge >= 0.3 is 0 Å². The van der Waals surface area contributed by atoms with E-state index in [0.717, 1.165) is 12.3 Å². The molecule has 0 radical (unpaired) electrons. The Bertz CT molecular complexity index is 543. The number of halogens is 1. The van der Waals surface area contributed by atoms with Crippen molar-refractivity contribution in [3.05, 3.63) is 71.8 Å². The van der Waals surface area contributed by atoms with Gasteiger partial charge in [-0.2, -0.15) is 0 Å². The molecule has 0 amide bonds. The first-order chi connectivity index (χ1) is 10.8. The molecule has 0 aromatic heterocycles. The van der Waals surface area contributed by atoms with Gasteiger partial charge in [-0.15, -0.1) is 11.6 Å². The first-order valence-electron chi connectivity index (χ1n) is 8.58. The molecule has 1 saturated carbocycles. The molecule has 3 rings (SSSR count). The highest BCUT2D eigenvalue weighted by molar-refractivity contribution is 6.20. The highest BCUT2D eigenvalue weighted by Gasteiger charge is 2.27. The number of hydrogen-bond donors (Lipinski definition) is 0. The summed E-state index contributed by atoms with van der Waals surface area (Å²) in [5.41, 5.74) is 2.72. The fourth-order valence-corrected chi connectivity index (χ4v) is 4.20. The van der Waals surface area contributed by atoms with Gasteiger partial charge in [-0.1, -0.05) is 79.9 Å². The lowest BCUT2D eigenvalue weighted by molar-refractivity contribution is 0.292. The van der Waals surface area contributed by atoms with E-state index < -0.39 is 0 Å². The standard InChI is InChI=1S/C21H25Cl/c22-21(19-14-8-3-9-15-19)16-20(17-10-4-1-5-11-17)18-12-6-2-7-13-18/h1,3-5,8-11,14-15,18,20-21H,2,6-7,12-13,16H2. The molecule has 22 heavy (non-hydrogen) atoms. The maximum atomic E-state index is 6.77. The van der Waals surface area contributed by atoms with E-state index in [1.54, 1.807) is 0 Å². The van der Waals surface area contributed by atoms with E-state index in [1.807, 2.05) is 0 Å². The van der Waals surface area contributed by atoms with Gasteiger partial charge in [0.25, 0.3) is 0 Å². The fraction of sp³-hybridized carbons (Fsp3) is 0.429. The van der Waals surface area contributed by atoms with Crippen LogP contribution in [0.5, 0.6) is 0 Å². The second-order valence-electron chi connectivity index (χ2n) is 6.53. The van der Waals surface area contributed by atoms with E-state index >= 15 is 0 Å². The minimum atomic E-state index is 0.105. The van der Waals surface area contributed by atoms with Gasteiger partial charge < -0.3 is 0 Å². The van der Waals surface area contributed by atoms with Gasteiger partial charge in [-0.05, 0) is 42.2 Å². The van der Waals surface area contributed by atoms with Crippen LogP contribution in [0.4, 0.5) is 0 Å². The third kappa shape index (κ3) is 3.93. The molecule has 116 valence electrons. The summed E-state index contributed by atoms with van der Waals surface area (Å²) in [6.07, 6.45) is 7.93. The predicted octanol–water partition coefficient (Wildman–Crippen LogP) is 6.72. The maximum Gasteiger partial charge on any atom is 0.0591 e. The number of rotatable bonds is 5. The predicted molar refractivity (Wildman–Crippen MR) is 95.4 cm³/mol. The molecule has 0 saturated heterocycles. The van der Waals surface area contributed by atoms with Gasteiger partial charge in [0.15, 0.2) is 0 Å². The van der Waals surface area contributed by atoms with Crippen LogP contribution in [0, 0.1) is 5.92 Å². The Hall–Kier alpha value is -1.27. The van der Waals surface area contributed by atoms with Crippen LogP contribution < -0.4 is 0 Å². The van der Waals surface area contributed by atoms with Gasteiger partial charge in [-0.25, -0.2) is 0 Å². The van der Waals surface area contributed by atoms with Crippen LogP contribution in [-0.4, -0.2) is 0 Å². The molecule has 0 N–H and O–H groups in total. The molecule has 0 nitrogen and oxygen atoms in total. The lowest BCUT2D eigenvalue weighted by atomic mass is 9.74. The summed E-state index contributed by atoms with van der Waals surface area (Å²) >= 11 is 6.77. The Morgan fingerprint density at radius 2 is 1.32 bits per heavy atom. The Balaban J connectivity index is 1.79. The van der Waals surface area contributed by atoms with Crippen molar-refractivity contribution in [2.24, 2.45) is 5.92 Å². The minimum Gasteiger partial charge on any atom is -0.118 e. The van der Waals surface area contributed by atoms with Gasteiger partial charge in [0, 0.05) is 0 Å². The average molecular weight is 313 g/mol. The topological polar surface area (TPSA) is 0 Å². The van der Waals surface area contributed by atoms with Crippen LogP contribution in [0.15, 0.2) is 60.7 Å². The largest absolute Gasteiger partial charge is 0.118 e. The second-order valence-corrected chi connectivity index (χ2v) is 7.06. The molecule has 1 heteroatoms. The summed E-state index contributed by atoms with van der Waals surface area (Å²) in [4.78, 5) is 0. The molecule has 2 aromatic carbocycles. The molecule has 2 aromatic rings. The summed E-state index contributed by atoms with van der Waals surface area (Å²) in [5, 5.41) is 0.105. The minimum absolute atomic E-state index is 0.105. The molecule has 1 aliphatic rings. The van der Waals surface area contributed by atoms with Crippen molar-refractivity contribution in [1.82, 2.24) is 0 Å². The molecular weight excluding hydrogens is 288 g/mol. The maximum absolute atomic E-state index is 6.77. The van der Waals surface area contributed by atoms with Crippen molar-refractivity contribution < 1.29 is 0 Å². The van der Waals surface area contributed by atoms with Crippen molar-refractivity contribution in [3.63, 3.8) is 0 Å². The van der Waals surface area contributed by atoms with Gasteiger partial charge in [0.05, 0.1) is 5.38 Å². The molecular formula is C21H25Cl. The van der Waals surface area contributed by atoms with Crippen molar-refractivity contribution in [1.29, 1.82) is 0 Å². The van der Waals surface area contributed by atoms with Gasteiger partial charge in [0.2, 0.25) is 0 Å². The lowest BCUT2D eigenvalue weighted by Gasteiger charge is -2.32. The highest BCUT2D eigenvalue weighted by atomic mass is 35.5.